The maximum Gasteiger partial charge on any atom is 0.326 e. The predicted octanol–water partition coefficient (Wildman–Crippen LogP) is 0.382. The lowest BCUT2D eigenvalue weighted by Gasteiger charge is -2.17. The second-order valence-corrected chi connectivity index (χ2v) is 5.30. The molecular formula is C11H19N5O3S. The van der Waals surface area contributed by atoms with Crippen LogP contribution in [0.2, 0.25) is 0 Å². The van der Waals surface area contributed by atoms with E-state index in [1.54, 1.807) is 18.5 Å². The molecule has 0 bridgehead atoms. The van der Waals surface area contributed by atoms with E-state index in [4.69, 9.17) is 5.11 Å². The van der Waals surface area contributed by atoms with Crippen molar-refractivity contribution < 1.29 is 14.7 Å². The third kappa shape index (κ3) is 4.72. The van der Waals surface area contributed by atoms with E-state index < -0.39 is 18.0 Å². The van der Waals surface area contributed by atoms with Crippen LogP contribution in [0.4, 0.5) is 4.79 Å². The van der Waals surface area contributed by atoms with Crippen molar-refractivity contribution >= 4 is 23.8 Å². The number of carboxylic acid groups (broad SMARTS) is 1. The van der Waals surface area contributed by atoms with Crippen molar-refractivity contribution in [2.45, 2.75) is 25.4 Å². The topological polar surface area (TPSA) is 109 Å². The van der Waals surface area contributed by atoms with Crippen molar-refractivity contribution in [1.82, 2.24) is 25.4 Å². The van der Waals surface area contributed by atoms with Crippen LogP contribution in [0.5, 0.6) is 0 Å². The third-order valence-electron chi connectivity index (χ3n) is 2.70. The van der Waals surface area contributed by atoms with E-state index in [0.29, 0.717) is 18.0 Å². The maximum atomic E-state index is 11.8. The molecule has 0 fully saturated rings. The lowest BCUT2D eigenvalue weighted by atomic mass is 10.2. The molecule has 0 saturated heterocycles. The lowest BCUT2D eigenvalue weighted by Crippen LogP contribution is -2.47. The minimum Gasteiger partial charge on any atom is -0.480 e. The largest absolute Gasteiger partial charge is 0.480 e. The van der Waals surface area contributed by atoms with E-state index in [1.165, 1.54) is 18.1 Å². The fraction of sp³-hybridized carbons (Fsp3) is 0.636. The number of carbonyl (C=O) groups is 2. The summed E-state index contributed by atoms with van der Waals surface area (Å²) in [5.74, 6) is 0.215. The van der Waals surface area contributed by atoms with Crippen LogP contribution in [0.1, 0.15) is 25.2 Å². The summed E-state index contributed by atoms with van der Waals surface area (Å²) in [7, 11) is 1.77. The van der Waals surface area contributed by atoms with Gasteiger partial charge in [-0.15, -0.1) is 10.2 Å². The quantitative estimate of drug-likeness (QED) is 0.672. The number of aromatic nitrogens is 3. The number of nitrogens with zero attached hydrogens (tertiary/aromatic N) is 3. The first kappa shape index (κ1) is 16.3. The average Bonchev–Trinajstić information content (AvgIpc) is 2.80. The number of urea groups is 1. The van der Waals surface area contributed by atoms with E-state index in [0.717, 1.165) is 0 Å². The van der Waals surface area contributed by atoms with Gasteiger partial charge in [0, 0.05) is 7.05 Å². The van der Waals surface area contributed by atoms with Gasteiger partial charge in [-0.3, -0.25) is 0 Å². The molecule has 8 nitrogen and oxygen atoms in total. The summed E-state index contributed by atoms with van der Waals surface area (Å²) in [5.41, 5.74) is 0. The summed E-state index contributed by atoms with van der Waals surface area (Å²) >= 11 is 1.53. The van der Waals surface area contributed by atoms with Gasteiger partial charge in [-0.2, -0.15) is 11.8 Å². The monoisotopic (exact) mass is 301 g/mol. The third-order valence-corrected chi connectivity index (χ3v) is 3.34. The van der Waals surface area contributed by atoms with E-state index in [-0.39, 0.29) is 6.04 Å². The Balaban J connectivity index is 2.53. The lowest BCUT2D eigenvalue weighted by molar-refractivity contribution is -0.139. The number of hydrogen-bond donors (Lipinski definition) is 3. The zero-order valence-corrected chi connectivity index (χ0v) is 12.5. The minimum atomic E-state index is -1.04. The van der Waals surface area contributed by atoms with Gasteiger partial charge in [-0.05, 0) is 25.4 Å². The number of aryl methyl sites for hydroxylation is 1. The molecule has 9 heteroatoms. The van der Waals surface area contributed by atoms with Crippen LogP contribution in [0.3, 0.4) is 0 Å². The molecule has 1 unspecified atom stereocenters. The second-order valence-electron chi connectivity index (χ2n) is 4.31. The van der Waals surface area contributed by atoms with Gasteiger partial charge in [-0.25, -0.2) is 9.59 Å². The van der Waals surface area contributed by atoms with Gasteiger partial charge in [0.25, 0.3) is 0 Å². The second kappa shape index (κ2) is 7.73. The minimum absolute atomic E-state index is 0.363. The Morgan fingerprint density at radius 1 is 1.50 bits per heavy atom. The first-order chi connectivity index (χ1) is 9.45. The first-order valence-electron chi connectivity index (χ1n) is 6.08. The molecule has 0 saturated carbocycles. The fourth-order valence-corrected chi connectivity index (χ4v) is 2.11. The molecule has 2 atom stereocenters. The summed E-state index contributed by atoms with van der Waals surface area (Å²) < 4.78 is 1.69. The smallest absolute Gasteiger partial charge is 0.326 e. The molecule has 1 aromatic heterocycles. The molecule has 0 aliphatic rings. The molecule has 112 valence electrons. The number of nitrogens with one attached hydrogen (secondary N) is 2. The number of rotatable bonds is 7. The summed E-state index contributed by atoms with van der Waals surface area (Å²) in [6, 6.07) is -1.79. The van der Waals surface area contributed by atoms with E-state index in [1.807, 2.05) is 6.26 Å². The number of thioether (sulfide) groups is 1. The first-order valence-corrected chi connectivity index (χ1v) is 7.47. The van der Waals surface area contributed by atoms with Crippen molar-refractivity contribution in [2.24, 2.45) is 7.05 Å². The molecule has 0 aliphatic carbocycles. The van der Waals surface area contributed by atoms with Crippen molar-refractivity contribution in [3.05, 3.63) is 12.2 Å². The summed E-state index contributed by atoms with van der Waals surface area (Å²) in [6.45, 7) is 1.75. The highest BCUT2D eigenvalue weighted by Crippen LogP contribution is 2.07. The van der Waals surface area contributed by atoms with Gasteiger partial charge < -0.3 is 20.3 Å². The number of hydrogen-bond acceptors (Lipinski definition) is 5. The van der Waals surface area contributed by atoms with Crippen LogP contribution in [-0.2, 0) is 11.8 Å². The standard InChI is InChI=1S/C11H19N5O3S/c1-7(9-15-12-6-16(9)2)13-11(19)14-8(10(17)18)4-5-20-3/h6-8H,4-5H2,1-3H3,(H,17,18)(H2,13,14,19)/t7?,8-/m1/s1. The highest BCUT2D eigenvalue weighted by molar-refractivity contribution is 7.98. The molecule has 0 aromatic carbocycles. The zero-order valence-electron chi connectivity index (χ0n) is 11.7. The van der Waals surface area contributed by atoms with E-state index in [2.05, 4.69) is 20.8 Å². The molecule has 1 aromatic rings. The fourth-order valence-electron chi connectivity index (χ4n) is 1.64. The molecule has 0 spiro atoms. The maximum absolute atomic E-state index is 11.8. The summed E-state index contributed by atoms with van der Waals surface area (Å²) in [6.07, 6.45) is 3.79. The van der Waals surface area contributed by atoms with Crippen molar-refractivity contribution in [3.63, 3.8) is 0 Å². The highest BCUT2D eigenvalue weighted by atomic mass is 32.2. The summed E-state index contributed by atoms with van der Waals surface area (Å²) in [5, 5.41) is 21.7. The van der Waals surface area contributed by atoms with Crippen LogP contribution in [0.15, 0.2) is 6.33 Å². The zero-order chi connectivity index (χ0) is 15.1. The van der Waals surface area contributed by atoms with Gasteiger partial charge in [0.05, 0.1) is 6.04 Å². The number of aliphatic carboxylic acids is 1. The van der Waals surface area contributed by atoms with Crippen LogP contribution in [-0.4, -0.2) is 49.9 Å². The van der Waals surface area contributed by atoms with Gasteiger partial charge in [0.1, 0.15) is 12.4 Å². The Bertz CT molecular complexity index is 465. The number of amides is 2. The normalized spacial score (nSPS) is 13.6. The molecule has 20 heavy (non-hydrogen) atoms. The Morgan fingerprint density at radius 3 is 2.70 bits per heavy atom. The molecule has 0 aliphatic heterocycles. The molecule has 3 N–H and O–H groups in total. The van der Waals surface area contributed by atoms with Gasteiger partial charge >= 0.3 is 12.0 Å². The van der Waals surface area contributed by atoms with Crippen molar-refractivity contribution in [2.75, 3.05) is 12.0 Å². The van der Waals surface area contributed by atoms with Gasteiger partial charge in [0.2, 0.25) is 0 Å². The number of carboxylic acids is 1. The number of carbonyl (C=O) groups excluding carboxylic acids is 1. The van der Waals surface area contributed by atoms with Crippen LogP contribution in [0, 0.1) is 0 Å². The predicted molar refractivity (Wildman–Crippen MR) is 75.5 cm³/mol. The van der Waals surface area contributed by atoms with E-state index >= 15 is 0 Å². The SMILES string of the molecule is CSCC[C@@H](NC(=O)NC(C)c1nncn1C)C(=O)O. The molecule has 1 heterocycles. The molecule has 2 amide bonds. The van der Waals surface area contributed by atoms with E-state index in [9.17, 15) is 9.59 Å². The Morgan fingerprint density at radius 2 is 2.20 bits per heavy atom. The van der Waals surface area contributed by atoms with Crippen LogP contribution in [0.25, 0.3) is 0 Å². The molecular weight excluding hydrogens is 282 g/mol. The molecule has 0 radical (unpaired) electrons. The Kier molecular flexibility index (Phi) is 6.29. The van der Waals surface area contributed by atoms with Crippen LogP contribution < -0.4 is 10.6 Å². The van der Waals surface area contributed by atoms with Crippen molar-refractivity contribution in [3.8, 4) is 0 Å². The van der Waals surface area contributed by atoms with Gasteiger partial charge in [0.15, 0.2) is 5.82 Å². The van der Waals surface area contributed by atoms with Crippen molar-refractivity contribution in [1.29, 1.82) is 0 Å². The average molecular weight is 301 g/mol. The highest BCUT2D eigenvalue weighted by Gasteiger charge is 2.21. The van der Waals surface area contributed by atoms with Gasteiger partial charge in [-0.1, -0.05) is 0 Å². The van der Waals surface area contributed by atoms with Crippen LogP contribution >= 0.6 is 11.8 Å². The molecule has 1 rings (SSSR count). The Hall–Kier alpha value is -1.77. The summed E-state index contributed by atoms with van der Waals surface area (Å²) in [4.78, 5) is 22.8. The Labute approximate surface area is 121 Å².